The highest BCUT2D eigenvalue weighted by molar-refractivity contribution is 7.80. The van der Waals surface area contributed by atoms with Crippen molar-refractivity contribution in [1.29, 1.82) is 0 Å². The van der Waals surface area contributed by atoms with E-state index in [1.807, 2.05) is 30.3 Å². The number of para-hydroxylation sites is 1. The topological polar surface area (TPSA) is 102 Å². The molecule has 0 saturated carbocycles. The Morgan fingerprint density at radius 1 is 1.05 bits per heavy atom. The summed E-state index contributed by atoms with van der Waals surface area (Å²) in [4.78, 5) is 14.7. The number of hydrazine groups is 1. The number of benzene rings is 2. The quantitative estimate of drug-likeness (QED) is 0.266. The number of nitrogens with one attached hydrogen (secondary N) is 3. The highest BCUT2D eigenvalue weighted by Gasteiger charge is 2.09. The maximum Gasteiger partial charge on any atom is 0.270 e. The highest BCUT2D eigenvalue weighted by atomic mass is 32.1. The van der Waals surface area contributed by atoms with Crippen molar-refractivity contribution in [3.8, 4) is 0 Å². The molecule has 7 nitrogen and oxygen atoms in total. The fourth-order valence-corrected chi connectivity index (χ4v) is 1.83. The van der Waals surface area contributed by atoms with Crippen LogP contribution in [0.1, 0.15) is 10.4 Å². The molecule has 0 aliphatic heterocycles. The van der Waals surface area contributed by atoms with E-state index in [0.29, 0.717) is 0 Å². The minimum absolute atomic E-state index is 0.237. The summed E-state index contributed by atoms with van der Waals surface area (Å²) in [7, 11) is 0. The van der Waals surface area contributed by atoms with Crippen LogP contribution in [-0.4, -0.2) is 11.0 Å². The normalized spacial score (nSPS) is 9.27. The first kappa shape index (κ1) is 15.3. The summed E-state index contributed by atoms with van der Waals surface area (Å²) in [6.07, 6.45) is 0. The molecule has 110 valence electrons. The zero-order valence-corrected chi connectivity index (χ0v) is 12.2. The van der Waals surface area contributed by atoms with Gasteiger partial charge in [0.2, 0.25) is 0 Å². The molecular weight excluding hydrogens is 300 g/mol. The smallest absolute Gasteiger partial charge is 0.270 e. The van der Waals surface area contributed by atoms with Crippen molar-refractivity contribution in [2.24, 2.45) is 5.11 Å². The predicted octanol–water partition coefficient (Wildman–Crippen LogP) is 3.26. The first-order valence-electron chi connectivity index (χ1n) is 6.27. The summed E-state index contributed by atoms with van der Waals surface area (Å²) in [6.45, 7) is 0. The van der Waals surface area contributed by atoms with Crippen LogP contribution in [0, 0.1) is 0 Å². The van der Waals surface area contributed by atoms with Gasteiger partial charge >= 0.3 is 0 Å². The van der Waals surface area contributed by atoms with E-state index in [4.69, 9.17) is 17.7 Å². The summed E-state index contributed by atoms with van der Waals surface area (Å²) < 4.78 is 0. The average Bonchev–Trinajstić information content (AvgIpc) is 2.54. The van der Waals surface area contributed by atoms with Gasteiger partial charge in [-0.3, -0.25) is 15.6 Å². The molecule has 0 heterocycles. The molecule has 2 aromatic rings. The number of hydrogen-bond donors (Lipinski definition) is 3. The summed E-state index contributed by atoms with van der Waals surface area (Å²) in [6, 6.07) is 15.7. The summed E-state index contributed by atoms with van der Waals surface area (Å²) >= 11 is 5.07. The Kier molecular flexibility index (Phi) is 5.31. The maximum absolute atomic E-state index is 12.1. The first-order chi connectivity index (χ1) is 10.7. The lowest BCUT2D eigenvalue weighted by Crippen LogP contribution is -2.43. The number of rotatable bonds is 3. The molecular formula is C14H12N6OS. The van der Waals surface area contributed by atoms with Gasteiger partial charge in [-0.1, -0.05) is 41.5 Å². The van der Waals surface area contributed by atoms with E-state index in [2.05, 4.69) is 26.2 Å². The predicted molar refractivity (Wildman–Crippen MR) is 88.5 cm³/mol. The van der Waals surface area contributed by atoms with E-state index in [1.54, 1.807) is 24.3 Å². The number of hydrogen-bond acceptors (Lipinski definition) is 3. The zero-order valence-electron chi connectivity index (χ0n) is 11.4. The van der Waals surface area contributed by atoms with E-state index < -0.39 is 5.91 Å². The minimum atomic E-state index is -0.458. The molecule has 3 N–H and O–H groups in total. The van der Waals surface area contributed by atoms with Crippen LogP contribution in [-0.2, 0) is 0 Å². The summed E-state index contributed by atoms with van der Waals surface area (Å²) in [5.41, 5.74) is 14.8. The highest BCUT2D eigenvalue weighted by Crippen LogP contribution is 2.18. The first-order valence-corrected chi connectivity index (χ1v) is 6.68. The fraction of sp³-hybridized carbons (Fsp3) is 0. The van der Waals surface area contributed by atoms with Crippen molar-refractivity contribution in [1.82, 2.24) is 10.9 Å². The Morgan fingerprint density at radius 2 is 1.73 bits per heavy atom. The standard InChI is InChI=1S/C14H12N6OS/c15-20-17-12-9-5-4-8-11(12)13(21)18-19-14(22)16-10-6-2-1-3-7-10/h1-9H,(H,18,21)(H2,16,19,22). The van der Waals surface area contributed by atoms with Gasteiger partial charge in [0.15, 0.2) is 5.11 Å². The molecule has 0 aromatic heterocycles. The molecule has 0 aliphatic rings. The number of carbonyl (C=O) groups is 1. The Balaban J connectivity index is 1.95. The number of azide groups is 1. The lowest BCUT2D eigenvalue weighted by Gasteiger charge is -2.12. The Labute approximate surface area is 131 Å². The molecule has 0 aliphatic carbocycles. The van der Waals surface area contributed by atoms with Crippen molar-refractivity contribution in [3.63, 3.8) is 0 Å². The van der Waals surface area contributed by atoms with Gasteiger partial charge in [0.1, 0.15) is 0 Å². The van der Waals surface area contributed by atoms with Gasteiger partial charge in [-0.15, -0.1) is 0 Å². The summed E-state index contributed by atoms with van der Waals surface area (Å²) in [5, 5.41) is 6.62. The van der Waals surface area contributed by atoms with Crippen LogP contribution in [0.5, 0.6) is 0 Å². The summed E-state index contributed by atoms with van der Waals surface area (Å²) in [5.74, 6) is -0.458. The van der Waals surface area contributed by atoms with E-state index in [1.165, 1.54) is 0 Å². The third kappa shape index (κ3) is 4.20. The number of amides is 1. The molecule has 22 heavy (non-hydrogen) atoms. The van der Waals surface area contributed by atoms with Crippen LogP contribution in [0.2, 0.25) is 0 Å². The lowest BCUT2D eigenvalue weighted by molar-refractivity contribution is 0.0945. The van der Waals surface area contributed by atoms with Crippen LogP contribution in [0.25, 0.3) is 10.4 Å². The Morgan fingerprint density at radius 3 is 2.45 bits per heavy atom. The van der Waals surface area contributed by atoms with E-state index in [-0.39, 0.29) is 16.4 Å². The van der Waals surface area contributed by atoms with Crippen LogP contribution >= 0.6 is 12.2 Å². The molecule has 0 bridgehead atoms. The van der Waals surface area contributed by atoms with Gasteiger partial charge in [0.05, 0.1) is 11.3 Å². The van der Waals surface area contributed by atoms with Gasteiger partial charge in [-0.2, -0.15) is 0 Å². The van der Waals surface area contributed by atoms with Gasteiger partial charge < -0.3 is 5.32 Å². The molecule has 8 heteroatoms. The molecule has 0 unspecified atom stereocenters. The van der Waals surface area contributed by atoms with Crippen molar-refractivity contribution in [2.75, 3.05) is 5.32 Å². The number of carbonyl (C=O) groups excluding carboxylic acids is 1. The van der Waals surface area contributed by atoms with Gasteiger partial charge in [0.25, 0.3) is 5.91 Å². The van der Waals surface area contributed by atoms with E-state index in [9.17, 15) is 4.79 Å². The van der Waals surface area contributed by atoms with E-state index >= 15 is 0 Å². The SMILES string of the molecule is [N-]=[N+]=Nc1ccccc1C(=O)NNC(=S)Nc1ccccc1. The van der Waals surface area contributed by atoms with Crippen LogP contribution in [0.3, 0.4) is 0 Å². The van der Waals surface area contributed by atoms with Crippen LogP contribution < -0.4 is 16.2 Å². The monoisotopic (exact) mass is 312 g/mol. The number of anilines is 1. The Bertz CT molecular complexity index is 727. The van der Waals surface area contributed by atoms with Crippen molar-refractivity contribution >= 4 is 34.6 Å². The second-order valence-corrected chi connectivity index (χ2v) is 4.51. The maximum atomic E-state index is 12.1. The molecule has 0 atom stereocenters. The third-order valence-electron chi connectivity index (χ3n) is 2.62. The largest absolute Gasteiger partial charge is 0.331 e. The average molecular weight is 312 g/mol. The van der Waals surface area contributed by atoms with Crippen molar-refractivity contribution in [3.05, 3.63) is 70.6 Å². The molecule has 0 spiro atoms. The molecule has 0 radical (unpaired) electrons. The van der Waals surface area contributed by atoms with Gasteiger partial charge in [-0.25, -0.2) is 0 Å². The molecule has 1 amide bonds. The van der Waals surface area contributed by atoms with Crippen LogP contribution in [0.15, 0.2) is 59.7 Å². The van der Waals surface area contributed by atoms with Crippen molar-refractivity contribution < 1.29 is 4.79 Å². The minimum Gasteiger partial charge on any atom is -0.331 e. The second kappa shape index (κ2) is 7.63. The number of nitrogens with zero attached hydrogens (tertiary/aromatic N) is 3. The lowest BCUT2D eigenvalue weighted by atomic mass is 10.2. The zero-order chi connectivity index (χ0) is 15.8. The second-order valence-electron chi connectivity index (χ2n) is 4.11. The fourth-order valence-electron chi connectivity index (χ4n) is 1.67. The van der Waals surface area contributed by atoms with Gasteiger partial charge in [0, 0.05) is 10.6 Å². The molecule has 0 saturated heterocycles. The number of thiocarbonyl (C=S) groups is 1. The van der Waals surface area contributed by atoms with Crippen LogP contribution in [0.4, 0.5) is 11.4 Å². The van der Waals surface area contributed by atoms with Crippen molar-refractivity contribution in [2.45, 2.75) is 0 Å². The molecule has 2 rings (SSSR count). The Hall–Kier alpha value is -3.09. The molecule has 0 fully saturated rings. The van der Waals surface area contributed by atoms with E-state index in [0.717, 1.165) is 5.69 Å². The third-order valence-corrected chi connectivity index (χ3v) is 2.83. The van der Waals surface area contributed by atoms with Gasteiger partial charge in [-0.05, 0) is 35.9 Å². The molecule has 2 aromatic carbocycles.